The highest BCUT2D eigenvalue weighted by molar-refractivity contribution is 9.11. The summed E-state index contributed by atoms with van der Waals surface area (Å²) in [6.07, 6.45) is 4.25. The molecule has 0 N–H and O–H groups in total. The SMILES string of the molecule is [O-][N+]12CCC(C=C1Br)CC2. The van der Waals surface area contributed by atoms with Crippen LogP contribution in [-0.2, 0) is 0 Å². The highest BCUT2D eigenvalue weighted by Gasteiger charge is 2.34. The summed E-state index contributed by atoms with van der Waals surface area (Å²) < 4.78 is 0.756. The molecule has 0 aromatic heterocycles. The Hall–Kier alpha value is 0.140. The molecular formula is C7H10BrNO. The average molecular weight is 204 g/mol. The second-order valence-corrected chi connectivity index (χ2v) is 3.98. The van der Waals surface area contributed by atoms with Gasteiger partial charge in [0, 0.05) is 28.8 Å². The fourth-order valence-electron chi connectivity index (χ4n) is 1.72. The largest absolute Gasteiger partial charge is 0.627 e. The zero-order valence-electron chi connectivity index (χ0n) is 5.72. The fourth-order valence-corrected chi connectivity index (χ4v) is 2.44. The first-order valence-electron chi connectivity index (χ1n) is 3.67. The van der Waals surface area contributed by atoms with Gasteiger partial charge >= 0.3 is 0 Å². The van der Waals surface area contributed by atoms with Gasteiger partial charge in [-0.25, -0.2) is 0 Å². The van der Waals surface area contributed by atoms with E-state index in [4.69, 9.17) is 0 Å². The molecule has 1 saturated heterocycles. The van der Waals surface area contributed by atoms with Crippen LogP contribution in [0.3, 0.4) is 0 Å². The number of hydrogen-bond donors (Lipinski definition) is 0. The van der Waals surface area contributed by atoms with Crippen LogP contribution in [0.4, 0.5) is 0 Å². The Balaban J connectivity index is 2.35. The van der Waals surface area contributed by atoms with E-state index < -0.39 is 0 Å². The molecule has 0 atom stereocenters. The molecule has 0 aromatic rings. The molecule has 0 radical (unpaired) electrons. The normalized spacial score (nSPS) is 45.4. The van der Waals surface area contributed by atoms with Gasteiger partial charge in [-0.1, -0.05) is 0 Å². The zero-order chi connectivity index (χ0) is 7.19. The van der Waals surface area contributed by atoms with Crippen LogP contribution >= 0.6 is 15.9 Å². The van der Waals surface area contributed by atoms with Crippen LogP contribution in [0.2, 0.25) is 0 Å². The summed E-state index contributed by atoms with van der Waals surface area (Å²) in [6, 6.07) is 0. The summed E-state index contributed by atoms with van der Waals surface area (Å²) in [5.74, 6) is 0.684. The van der Waals surface area contributed by atoms with E-state index in [1.807, 2.05) is 0 Å². The minimum Gasteiger partial charge on any atom is -0.627 e. The molecule has 2 nitrogen and oxygen atoms in total. The lowest BCUT2D eigenvalue weighted by atomic mass is 9.93. The van der Waals surface area contributed by atoms with Gasteiger partial charge in [-0.2, -0.15) is 0 Å². The summed E-state index contributed by atoms with van der Waals surface area (Å²) in [5, 5.41) is 11.7. The second-order valence-electron chi connectivity index (χ2n) is 3.16. The quantitative estimate of drug-likeness (QED) is 0.336. The monoisotopic (exact) mass is 203 g/mol. The van der Waals surface area contributed by atoms with Crippen molar-refractivity contribution < 1.29 is 4.65 Å². The van der Waals surface area contributed by atoms with Crippen molar-refractivity contribution in [3.8, 4) is 0 Å². The van der Waals surface area contributed by atoms with Crippen LogP contribution in [0.15, 0.2) is 10.7 Å². The van der Waals surface area contributed by atoms with Crippen molar-refractivity contribution in [2.45, 2.75) is 12.8 Å². The van der Waals surface area contributed by atoms with Gasteiger partial charge in [-0.3, -0.25) is 0 Å². The van der Waals surface area contributed by atoms with Gasteiger partial charge in [-0.05, 0) is 12.0 Å². The van der Waals surface area contributed by atoms with Crippen molar-refractivity contribution in [2.75, 3.05) is 13.1 Å². The predicted molar refractivity (Wildman–Crippen MR) is 43.1 cm³/mol. The van der Waals surface area contributed by atoms with Crippen molar-refractivity contribution in [3.63, 3.8) is 0 Å². The van der Waals surface area contributed by atoms with E-state index in [1.165, 1.54) is 0 Å². The number of fused-ring (bicyclic) bond motifs is 2. The third-order valence-corrected chi connectivity index (χ3v) is 3.40. The minimum absolute atomic E-state index is 0.101. The molecule has 0 saturated carbocycles. The summed E-state index contributed by atoms with van der Waals surface area (Å²) >= 11 is 3.32. The molecule has 3 aliphatic heterocycles. The van der Waals surface area contributed by atoms with Gasteiger partial charge in [0.1, 0.15) is 0 Å². The van der Waals surface area contributed by atoms with Gasteiger partial charge in [0.15, 0.2) is 4.61 Å². The summed E-state index contributed by atoms with van der Waals surface area (Å²) in [5.41, 5.74) is 0. The number of quaternary nitrogens is 1. The van der Waals surface area contributed by atoms with Crippen molar-refractivity contribution in [2.24, 2.45) is 5.92 Å². The first-order chi connectivity index (χ1) is 4.71. The zero-order valence-corrected chi connectivity index (χ0v) is 7.30. The maximum Gasteiger partial charge on any atom is 0.171 e. The van der Waals surface area contributed by atoms with Gasteiger partial charge in [0.2, 0.25) is 0 Å². The Morgan fingerprint density at radius 3 is 2.40 bits per heavy atom. The molecule has 0 aromatic carbocycles. The fraction of sp³-hybridized carbons (Fsp3) is 0.714. The van der Waals surface area contributed by atoms with Crippen LogP contribution in [0.1, 0.15) is 12.8 Å². The van der Waals surface area contributed by atoms with Crippen molar-refractivity contribution >= 4 is 15.9 Å². The predicted octanol–water partition coefficient (Wildman–Crippen LogP) is 1.96. The van der Waals surface area contributed by atoms with Crippen LogP contribution in [0.5, 0.6) is 0 Å². The number of piperidine rings is 1. The molecule has 10 heavy (non-hydrogen) atoms. The summed E-state index contributed by atoms with van der Waals surface area (Å²) in [6.45, 7) is 1.56. The number of halogens is 1. The van der Waals surface area contributed by atoms with Crippen LogP contribution in [0, 0.1) is 11.1 Å². The van der Waals surface area contributed by atoms with E-state index >= 15 is 0 Å². The smallest absolute Gasteiger partial charge is 0.171 e. The molecule has 0 unspecified atom stereocenters. The number of allylic oxidation sites excluding steroid dienone is 1. The molecule has 3 aliphatic rings. The number of hydroxylamine groups is 3. The van der Waals surface area contributed by atoms with E-state index in [1.54, 1.807) is 0 Å². The van der Waals surface area contributed by atoms with E-state index in [2.05, 4.69) is 22.0 Å². The number of nitrogens with zero attached hydrogens (tertiary/aromatic N) is 1. The van der Waals surface area contributed by atoms with Gasteiger partial charge in [-0.15, -0.1) is 0 Å². The topological polar surface area (TPSA) is 23.1 Å². The summed E-state index contributed by atoms with van der Waals surface area (Å²) in [4.78, 5) is 0. The van der Waals surface area contributed by atoms with Crippen LogP contribution in [0.25, 0.3) is 0 Å². The molecule has 3 rings (SSSR count). The van der Waals surface area contributed by atoms with E-state index in [0.29, 0.717) is 5.92 Å². The van der Waals surface area contributed by atoms with Crippen molar-refractivity contribution in [1.29, 1.82) is 0 Å². The standard InChI is InChI=1S/C7H10BrNO/c8-7-5-6-1-3-9(7,10)4-2-6/h5-6H,1-4H2. The molecule has 1 fully saturated rings. The van der Waals surface area contributed by atoms with Crippen molar-refractivity contribution in [3.05, 3.63) is 15.9 Å². The molecule has 0 aliphatic carbocycles. The second kappa shape index (κ2) is 2.06. The Morgan fingerprint density at radius 2 is 2.10 bits per heavy atom. The highest BCUT2D eigenvalue weighted by atomic mass is 79.9. The molecule has 56 valence electrons. The number of rotatable bonds is 0. The van der Waals surface area contributed by atoms with Crippen LogP contribution < -0.4 is 0 Å². The minimum atomic E-state index is -0.101. The first-order valence-corrected chi connectivity index (χ1v) is 4.46. The van der Waals surface area contributed by atoms with Gasteiger partial charge in [0.25, 0.3) is 0 Å². The maximum absolute atomic E-state index is 11.7. The maximum atomic E-state index is 11.7. The third kappa shape index (κ3) is 0.847. The third-order valence-electron chi connectivity index (χ3n) is 2.48. The van der Waals surface area contributed by atoms with Gasteiger partial charge in [0.05, 0.1) is 13.1 Å². The van der Waals surface area contributed by atoms with E-state index in [0.717, 1.165) is 30.5 Å². The lowest BCUT2D eigenvalue weighted by Crippen LogP contribution is -2.49. The lowest BCUT2D eigenvalue weighted by molar-refractivity contribution is -0.844. The van der Waals surface area contributed by atoms with Crippen molar-refractivity contribution in [1.82, 2.24) is 0 Å². The average Bonchev–Trinajstić information content (AvgIpc) is 1.92. The Labute approximate surface area is 68.8 Å². The summed E-state index contributed by atoms with van der Waals surface area (Å²) in [7, 11) is 0. The molecular weight excluding hydrogens is 194 g/mol. The van der Waals surface area contributed by atoms with Crippen LogP contribution in [-0.4, -0.2) is 17.7 Å². The lowest BCUT2D eigenvalue weighted by Gasteiger charge is -2.49. The molecule has 3 heteroatoms. The molecule has 2 bridgehead atoms. The molecule has 0 spiro atoms. The highest BCUT2D eigenvalue weighted by Crippen LogP contribution is 2.37. The Bertz CT molecular complexity index is 182. The molecule has 3 heterocycles. The Morgan fingerprint density at radius 1 is 1.50 bits per heavy atom. The Kier molecular flexibility index (Phi) is 1.41. The first kappa shape index (κ1) is 6.83. The van der Waals surface area contributed by atoms with E-state index in [-0.39, 0.29) is 4.65 Å². The van der Waals surface area contributed by atoms with Gasteiger partial charge < -0.3 is 9.85 Å². The van der Waals surface area contributed by atoms with E-state index in [9.17, 15) is 5.21 Å². The molecule has 0 amide bonds. The number of hydrogen-bond acceptors (Lipinski definition) is 1.